The topological polar surface area (TPSA) is 8.88 Å². The van der Waals surface area contributed by atoms with Gasteiger partial charge in [-0.25, -0.2) is 0 Å². The zero-order valence-corrected chi connectivity index (χ0v) is 16.4. The summed E-state index contributed by atoms with van der Waals surface area (Å²) >= 11 is 0. The maximum atomic E-state index is 5.96. The SMILES string of the molecule is C[NH+](C)C.C[NH+](C)C.[Be+2].[Be+2].[C-]#CC.[C-]#CC.[C-]#CC.[C-]#CC. The number of nitrogens with one attached hydrogen (secondary N) is 2. The first-order valence-electron chi connectivity index (χ1n) is 6.00. The van der Waals surface area contributed by atoms with E-state index in [1.807, 2.05) is 23.7 Å². The fourth-order valence-corrected chi connectivity index (χ4v) is 0. The van der Waals surface area contributed by atoms with Gasteiger partial charge < -0.3 is 59.2 Å². The largest absolute Gasteiger partial charge is 2.00 e. The Bertz CT molecular complexity index is 212. The maximum Gasteiger partial charge on any atom is 2.00 e. The van der Waals surface area contributed by atoms with Gasteiger partial charge >= 0.3 is 20.2 Å². The predicted molar refractivity (Wildman–Crippen MR) is 100 cm³/mol. The molecule has 0 bridgehead atoms. The Morgan fingerprint density at radius 2 is 0.455 bits per heavy atom. The van der Waals surface area contributed by atoms with Gasteiger partial charge in [-0.1, -0.05) is 0 Å². The van der Waals surface area contributed by atoms with E-state index in [-0.39, 0.29) is 20.2 Å². The van der Waals surface area contributed by atoms with E-state index in [9.17, 15) is 0 Å². The minimum Gasteiger partial charge on any atom is -0.694 e. The van der Waals surface area contributed by atoms with E-state index in [0.29, 0.717) is 0 Å². The molecule has 0 aromatic carbocycles. The third-order valence-electron chi connectivity index (χ3n) is 0. The monoisotopic (exact) mass is 294 g/mol. The Balaban J connectivity index is -0.0000000176. The number of hydrogen-bond donors (Lipinski definition) is 2. The first-order chi connectivity index (χ1) is 9.12. The van der Waals surface area contributed by atoms with Crippen LogP contribution in [0.3, 0.4) is 0 Å². The minimum atomic E-state index is 0. The number of quaternary nitrogens is 2. The molecule has 116 valence electrons. The van der Waals surface area contributed by atoms with Crippen molar-refractivity contribution in [3.8, 4) is 23.7 Å². The second-order valence-corrected chi connectivity index (χ2v) is 4.00. The molecule has 0 saturated carbocycles. The zero-order valence-electron chi connectivity index (χ0n) is 16.4. The fourth-order valence-electron chi connectivity index (χ4n) is 0. The van der Waals surface area contributed by atoms with Crippen molar-refractivity contribution >= 4 is 20.2 Å². The van der Waals surface area contributed by atoms with Gasteiger partial charge in [0.15, 0.2) is 0 Å². The van der Waals surface area contributed by atoms with Crippen molar-refractivity contribution in [3.05, 3.63) is 25.7 Å². The Kier molecular flexibility index (Phi) is 210. The van der Waals surface area contributed by atoms with Gasteiger partial charge in [0.1, 0.15) is 0 Å². The van der Waals surface area contributed by atoms with Crippen LogP contribution in [0.25, 0.3) is 0 Å². The van der Waals surface area contributed by atoms with Gasteiger partial charge in [0, 0.05) is 0 Å². The molecule has 2 N–H and O–H groups in total. The van der Waals surface area contributed by atoms with E-state index in [4.69, 9.17) is 25.7 Å². The van der Waals surface area contributed by atoms with Crippen LogP contribution in [0.4, 0.5) is 0 Å². The Labute approximate surface area is 149 Å². The summed E-state index contributed by atoms with van der Waals surface area (Å²) in [6, 6.07) is 0. The molecule has 0 aliphatic rings. The van der Waals surface area contributed by atoms with E-state index in [0.717, 1.165) is 0 Å². The van der Waals surface area contributed by atoms with E-state index in [1.54, 1.807) is 27.7 Å². The molecular formula is C18H32Be2N2+2. The molecule has 0 atom stereocenters. The van der Waals surface area contributed by atoms with Crippen molar-refractivity contribution in [1.29, 1.82) is 0 Å². The molecule has 0 amide bonds. The van der Waals surface area contributed by atoms with Crippen LogP contribution in [0, 0.1) is 49.4 Å². The molecule has 0 radical (unpaired) electrons. The quantitative estimate of drug-likeness (QED) is 0.327. The molecule has 0 aromatic rings. The standard InChI is InChI=1S/2C3H9N.4C3H3.2Be/c2*1-4(2)3;4*1-3-2;;/h2*1-3H3;4*1H3;;/q;;4*-1;2*+2/p+2. The van der Waals surface area contributed by atoms with E-state index in [2.05, 4.69) is 42.3 Å². The van der Waals surface area contributed by atoms with Crippen LogP contribution in [-0.2, 0) is 0 Å². The summed E-state index contributed by atoms with van der Waals surface area (Å²) in [7, 11) is 12.5. The van der Waals surface area contributed by atoms with Gasteiger partial charge in [-0.05, 0) is 27.7 Å². The van der Waals surface area contributed by atoms with Gasteiger partial charge in [-0.3, -0.25) is 0 Å². The zero-order chi connectivity index (χ0) is 18.0. The Hall–Kier alpha value is -1.50. The molecule has 0 aromatic heterocycles. The van der Waals surface area contributed by atoms with E-state index in [1.165, 1.54) is 9.80 Å². The third kappa shape index (κ3) is 2510. The van der Waals surface area contributed by atoms with Gasteiger partial charge in [0.25, 0.3) is 0 Å². The van der Waals surface area contributed by atoms with Crippen molar-refractivity contribution in [2.75, 3.05) is 42.3 Å². The predicted octanol–water partition coefficient (Wildman–Crippen LogP) is -0.856. The average molecular weight is 294 g/mol. The van der Waals surface area contributed by atoms with Gasteiger partial charge in [0.2, 0.25) is 0 Å². The molecule has 0 spiro atoms. The van der Waals surface area contributed by atoms with Gasteiger partial charge in [-0.15, -0.1) is 0 Å². The molecule has 0 heterocycles. The Morgan fingerprint density at radius 1 is 0.455 bits per heavy atom. The van der Waals surface area contributed by atoms with Gasteiger partial charge in [-0.2, -0.15) is 0 Å². The van der Waals surface area contributed by atoms with Crippen molar-refractivity contribution < 1.29 is 9.80 Å². The number of rotatable bonds is 0. The summed E-state index contributed by atoms with van der Waals surface area (Å²) in [6.07, 6.45) is 23.8. The third-order valence-corrected chi connectivity index (χ3v) is 0. The molecule has 22 heavy (non-hydrogen) atoms. The molecule has 0 aliphatic heterocycles. The molecule has 0 unspecified atom stereocenters. The summed E-state index contributed by atoms with van der Waals surface area (Å²) < 4.78 is 0. The average Bonchev–Trinajstić information content (AvgIpc) is 2.18. The van der Waals surface area contributed by atoms with Crippen LogP contribution >= 0.6 is 0 Å². The van der Waals surface area contributed by atoms with Crippen LogP contribution in [0.2, 0.25) is 0 Å². The minimum absolute atomic E-state index is 0. The van der Waals surface area contributed by atoms with E-state index >= 15 is 0 Å². The smallest absolute Gasteiger partial charge is 0.694 e. The van der Waals surface area contributed by atoms with E-state index < -0.39 is 0 Å². The second-order valence-electron chi connectivity index (χ2n) is 4.00. The van der Waals surface area contributed by atoms with Crippen molar-refractivity contribution in [3.63, 3.8) is 0 Å². The number of hydrogen-bond acceptors (Lipinski definition) is 0. The Morgan fingerprint density at radius 3 is 0.455 bits per heavy atom. The van der Waals surface area contributed by atoms with Crippen LogP contribution in [0.1, 0.15) is 27.7 Å². The van der Waals surface area contributed by atoms with Crippen LogP contribution in [0.15, 0.2) is 0 Å². The first-order valence-corrected chi connectivity index (χ1v) is 6.00. The second kappa shape index (κ2) is 92.4. The summed E-state index contributed by atoms with van der Waals surface area (Å²) in [4.78, 5) is 2.83. The summed E-state index contributed by atoms with van der Waals surface area (Å²) in [5.41, 5.74) is 0. The summed E-state index contributed by atoms with van der Waals surface area (Å²) in [5.74, 6) is 8.00. The van der Waals surface area contributed by atoms with Crippen LogP contribution < -0.4 is 9.80 Å². The maximum absolute atomic E-state index is 5.96. The van der Waals surface area contributed by atoms with Crippen molar-refractivity contribution in [2.45, 2.75) is 27.7 Å². The van der Waals surface area contributed by atoms with Crippen LogP contribution in [-0.4, -0.2) is 62.5 Å². The van der Waals surface area contributed by atoms with Crippen LogP contribution in [0.5, 0.6) is 0 Å². The molecule has 4 heteroatoms. The normalized spacial score (nSPS) is 4.73. The molecule has 0 rings (SSSR count). The summed E-state index contributed by atoms with van der Waals surface area (Å²) in [6.45, 7) is 6.17. The molecular weight excluding hydrogens is 262 g/mol. The van der Waals surface area contributed by atoms with Crippen molar-refractivity contribution in [1.82, 2.24) is 0 Å². The summed E-state index contributed by atoms with van der Waals surface area (Å²) in [5, 5.41) is 0. The molecule has 0 saturated heterocycles. The molecule has 0 aliphatic carbocycles. The van der Waals surface area contributed by atoms with Crippen molar-refractivity contribution in [2.24, 2.45) is 0 Å². The molecule has 0 fully saturated rings. The first kappa shape index (κ1) is 49.9. The van der Waals surface area contributed by atoms with Gasteiger partial charge in [0.05, 0.1) is 42.3 Å². The fraction of sp³-hybridized carbons (Fsp3) is 0.556. The molecule has 2 nitrogen and oxygen atoms in total.